The molecule has 0 amide bonds. The number of hydrogen-bond acceptors (Lipinski definition) is 3. The first-order valence-electron chi connectivity index (χ1n) is 4.11. The van der Waals surface area contributed by atoms with Crippen LogP contribution in [0, 0.1) is 0 Å². The molecule has 2 heterocycles. The van der Waals surface area contributed by atoms with Crippen molar-refractivity contribution >= 4 is 11.2 Å². The molecule has 6 heteroatoms. The summed E-state index contributed by atoms with van der Waals surface area (Å²) in [6, 6.07) is 0. The third-order valence-electron chi connectivity index (χ3n) is 2.32. The van der Waals surface area contributed by atoms with E-state index in [1.165, 1.54) is 17.9 Å². The van der Waals surface area contributed by atoms with Crippen molar-refractivity contribution in [3.8, 4) is 0 Å². The maximum absolute atomic E-state index is 11.7. The summed E-state index contributed by atoms with van der Waals surface area (Å²) >= 11 is 0. The zero-order chi connectivity index (χ0) is 10.5. The topological polar surface area (TPSA) is 61.8 Å². The molecule has 6 nitrogen and oxygen atoms in total. The molecular weight excluding hydrogens is 186 g/mol. The van der Waals surface area contributed by atoms with Crippen molar-refractivity contribution < 1.29 is 0 Å². The number of hydrogen-bond donors (Lipinski definition) is 0. The maximum Gasteiger partial charge on any atom is 0.332 e. The highest BCUT2D eigenvalue weighted by molar-refractivity contribution is 5.69. The van der Waals surface area contributed by atoms with Crippen LogP contribution < -0.4 is 11.2 Å². The van der Waals surface area contributed by atoms with Gasteiger partial charge in [-0.1, -0.05) is 0 Å². The Morgan fingerprint density at radius 2 is 1.79 bits per heavy atom. The van der Waals surface area contributed by atoms with Crippen molar-refractivity contribution in [1.29, 1.82) is 0 Å². The first-order valence-corrected chi connectivity index (χ1v) is 4.11. The molecule has 0 aromatic carbocycles. The molecule has 0 spiro atoms. The molecule has 0 radical (unpaired) electrons. The summed E-state index contributed by atoms with van der Waals surface area (Å²) in [5.41, 5.74) is 0.180. The van der Waals surface area contributed by atoms with Crippen LogP contribution in [0.2, 0.25) is 0 Å². The Balaban J connectivity index is 3.22. The first kappa shape index (κ1) is 8.74. The molecule has 14 heavy (non-hydrogen) atoms. The fourth-order valence-electron chi connectivity index (χ4n) is 1.47. The number of rotatable bonds is 0. The van der Waals surface area contributed by atoms with Crippen LogP contribution in [0.5, 0.6) is 0 Å². The van der Waals surface area contributed by atoms with Crippen molar-refractivity contribution in [3.63, 3.8) is 0 Å². The van der Waals surface area contributed by atoms with Gasteiger partial charge >= 0.3 is 5.69 Å². The fourth-order valence-corrected chi connectivity index (χ4v) is 1.47. The zero-order valence-corrected chi connectivity index (χ0v) is 8.18. The van der Waals surface area contributed by atoms with E-state index in [4.69, 9.17) is 0 Å². The van der Waals surface area contributed by atoms with Gasteiger partial charge in [-0.15, -0.1) is 0 Å². The normalized spacial score (nSPS) is 11.1. The second-order valence-electron chi connectivity index (χ2n) is 3.23. The molecule has 0 aliphatic carbocycles. The zero-order valence-electron chi connectivity index (χ0n) is 8.18. The lowest BCUT2D eigenvalue weighted by molar-refractivity contribution is 0.705. The van der Waals surface area contributed by atoms with E-state index >= 15 is 0 Å². The predicted octanol–water partition coefficient (Wildman–Crippen LogP) is -1.03. The molecule has 2 aromatic rings. The van der Waals surface area contributed by atoms with Crippen LogP contribution in [0.1, 0.15) is 0 Å². The minimum Gasteiger partial charge on any atom is -0.328 e. The van der Waals surface area contributed by atoms with Crippen LogP contribution in [0.15, 0.2) is 15.9 Å². The van der Waals surface area contributed by atoms with Crippen LogP contribution in [-0.4, -0.2) is 18.7 Å². The van der Waals surface area contributed by atoms with Gasteiger partial charge in [0.05, 0.1) is 6.33 Å². The average molecular weight is 196 g/mol. The van der Waals surface area contributed by atoms with Crippen LogP contribution in [0.3, 0.4) is 0 Å². The molecular formula is C8H10N4O2. The quantitative estimate of drug-likeness (QED) is 0.541. The Kier molecular flexibility index (Phi) is 1.60. The van der Waals surface area contributed by atoms with Gasteiger partial charge < -0.3 is 4.57 Å². The van der Waals surface area contributed by atoms with Gasteiger partial charge in [-0.25, -0.2) is 9.78 Å². The van der Waals surface area contributed by atoms with E-state index < -0.39 is 0 Å². The minimum atomic E-state index is -0.360. The lowest BCUT2D eigenvalue weighted by Gasteiger charge is -2.02. The van der Waals surface area contributed by atoms with Gasteiger partial charge in [-0.05, 0) is 0 Å². The Morgan fingerprint density at radius 3 is 2.43 bits per heavy atom. The Hall–Kier alpha value is -1.85. The van der Waals surface area contributed by atoms with Crippen molar-refractivity contribution in [2.45, 2.75) is 0 Å². The second-order valence-corrected chi connectivity index (χ2v) is 3.23. The smallest absolute Gasteiger partial charge is 0.328 e. The Labute approximate surface area is 79.0 Å². The first-order chi connectivity index (χ1) is 6.54. The SMILES string of the molecule is Cn1c(=O)c2c(n[14cH]n2C)n(C)c1=O. The second kappa shape index (κ2) is 2.57. The molecule has 0 unspecified atom stereocenters. The summed E-state index contributed by atoms with van der Waals surface area (Å²) in [7, 11) is 4.77. The van der Waals surface area contributed by atoms with E-state index in [1.807, 2.05) is 0 Å². The van der Waals surface area contributed by atoms with Crippen molar-refractivity contribution in [3.05, 3.63) is 27.2 Å². The number of nitrogens with zero attached hydrogens (tertiary/aromatic N) is 4. The molecule has 74 valence electrons. The van der Waals surface area contributed by atoms with E-state index in [9.17, 15) is 9.59 Å². The van der Waals surface area contributed by atoms with Crippen LogP contribution in [0.4, 0.5) is 0 Å². The summed E-state index contributed by atoms with van der Waals surface area (Å²) in [5, 5.41) is 0. The lowest BCUT2D eigenvalue weighted by Crippen LogP contribution is -2.37. The number of aryl methyl sites for hydroxylation is 2. The van der Waals surface area contributed by atoms with Crippen molar-refractivity contribution in [1.82, 2.24) is 18.7 Å². The molecule has 0 aliphatic heterocycles. The molecule has 0 atom stereocenters. The van der Waals surface area contributed by atoms with Crippen molar-refractivity contribution in [2.75, 3.05) is 0 Å². The van der Waals surface area contributed by atoms with Gasteiger partial charge in [-0.3, -0.25) is 13.9 Å². The van der Waals surface area contributed by atoms with Crippen LogP contribution >= 0.6 is 0 Å². The highest BCUT2D eigenvalue weighted by Gasteiger charge is 2.11. The molecule has 2 rings (SSSR count). The van der Waals surface area contributed by atoms with Crippen molar-refractivity contribution in [2.24, 2.45) is 21.1 Å². The van der Waals surface area contributed by atoms with E-state index in [0.717, 1.165) is 4.57 Å². The number of imidazole rings is 1. The van der Waals surface area contributed by atoms with Gasteiger partial charge in [0, 0.05) is 21.1 Å². The third-order valence-corrected chi connectivity index (χ3v) is 2.32. The van der Waals surface area contributed by atoms with Crippen LogP contribution in [0.25, 0.3) is 11.2 Å². The van der Waals surface area contributed by atoms with Gasteiger partial charge in [0.2, 0.25) is 0 Å². The molecule has 0 bridgehead atoms. The van der Waals surface area contributed by atoms with Gasteiger partial charge in [0.1, 0.15) is 0 Å². The summed E-state index contributed by atoms with van der Waals surface area (Å²) in [5.74, 6) is 0. The maximum atomic E-state index is 11.7. The molecule has 0 saturated carbocycles. The fraction of sp³-hybridized carbons (Fsp3) is 0.375. The molecule has 2 aromatic heterocycles. The highest BCUT2D eigenvalue weighted by atomic mass is 16.2. The summed E-state index contributed by atoms with van der Waals surface area (Å²) in [6.45, 7) is 0. The Morgan fingerprint density at radius 1 is 1.14 bits per heavy atom. The van der Waals surface area contributed by atoms with E-state index in [0.29, 0.717) is 11.2 Å². The summed E-state index contributed by atoms with van der Waals surface area (Å²) in [6.07, 6.45) is 1.52. The molecule has 0 aliphatic rings. The largest absolute Gasteiger partial charge is 0.332 e. The minimum absolute atomic E-state index is 0.317. The van der Waals surface area contributed by atoms with Gasteiger partial charge in [0.15, 0.2) is 11.2 Å². The Bertz CT molecular complexity index is 617. The third kappa shape index (κ3) is 0.876. The van der Waals surface area contributed by atoms with Gasteiger partial charge in [0.25, 0.3) is 5.56 Å². The predicted molar refractivity (Wildman–Crippen MR) is 51.2 cm³/mol. The molecule has 0 fully saturated rings. The summed E-state index contributed by atoms with van der Waals surface area (Å²) < 4.78 is 4.04. The number of aromatic nitrogens is 4. The van der Waals surface area contributed by atoms with Crippen LogP contribution in [-0.2, 0) is 21.1 Å². The summed E-state index contributed by atoms with van der Waals surface area (Å²) in [4.78, 5) is 27.2. The standard InChI is InChI=1S/C8H10N4O2/c1-10-4-9-6-5(10)7(13)12(3)8(14)11(6)2/h4H,1-3H3/i4+2. The van der Waals surface area contributed by atoms with E-state index in [2.05, 4.69) is 4.98 Å². The molecule has 0 N–H and O–H groups in total. The van der Waals surface area contributed by atoms with E-state index in [1.54, 1.807) is 18.7 Å². The average Bonchev–Trinajstić information content (AvgIpc) is 2.54. The van der Waals surface area contributed by atoms with E-state index in [-0.39, 0.29) is 11.2 Å². The highest BCUT2D eigenvalue weighted by Crippen LogP contribution is 2.01. The van der Waals surface area contributed by atoms with Gasteiger partial charge in [-0.2, -0.15) is 0 Å². The number of fused-ring (bicyclic) bond motifs is 1. The lowest BCUT2D eigenvalue weighted by atomic mass is 10.5. The monoisotopic (exact) mass is 196 g/mol. The molecule has 0 saturated heterocycles.